The van der Waals surface area contributed by atoms with Crippen LogP contribution in [0.2, 0.25) is 0 Å². The molecule has 0 fully saturated rings. The van der Waals surface area contributed by atoms with Crippen LogP contribution in [0.4, 0.5) is 4.79 Å². The highest BCUT2D eigenvalue weighted by atomic mass is 32.2. The lowest BCUT2D eigenvalue weighted by atomic mass is 10.2. The van der Waals surface area contributed by atoms with E-state index in [0.29, 0.717) is 18.2 Å². The number of carbonyl (C=O) groups is 2. The lowest BCUT2D eigenvalue weighted by Crippen LogP contribution is -2.42. The number of hydrogen-bond acceptors (Lipinski definition) is 5. The molecule has 2 N–H and O–H groups in total. The van der Waals surface area contributed by atoms with Crippen LogP contribution in [0.1, 0.15) is 23.9 Å². The van der Waals surface area contributed by atoms with Crippen molar-refractivity contribution in [3.8, 4) is 0 Å². The van der Waals surface area contributed by atoms with E-state index in [-0.39, 0.29) is 5.91 Å². The molecule has 0 spiro atoms. The first kappa shape index (κ1) is 20.6. The molecule has 0 aliphatic heterocycles. The molecule has 0 radical (unpaired) electrons. The van der Waals surface area contributed by atoms with Gasteiger partial charge >= 0.3 is 6.03 Å². The van der Waals surface area contributed by atoms with Crippen molar-refractivity contribution in [3.63, 3.8) is 0 Å². The summed E-state index contributed by atoms with van der Waals surface area (Å²) in [6.45, 7) is 4.59. The fourth-order valence-corrected chi connectivity index (χ4v) is 3.54. The highest BCUT2D eigenvalue weighted by Gasteiger charge is 2.21. The van der Waals surface area contributed by atoms with Crippen molar-refractivity contribution in [2.45, 2.75) is 37.3 Å². The van der Waals surface area contributed by atoms with E-state index >= 15 is 0 Å². The van der Waals surface area contributed by atoms with Crippen LogP contribution >= 0.6 is 11.8 Å². The Morgan fingerprint density at radius 2 is 1.62 bits per heavy atom. The Morgan fingerprint density at radius 3 is 2.28 bits per heavy atom. The second-order valence-electron chi connectivity index (χ2n) is 6.52. The molecule has 29 heavy (non-hydrogen) atoms. The summed E-state index contributed by atoms with van der Waals surface area (Å²) in [7, 11) is 0. The van der Waals surface area contributed by atoms with Gasteiger partial charge in [-0.25, -0.2) is 4.79 Å². The molecule has 2 aromatic carbocycles. The van der Waals surface area contributed by atoms with Crippen LogP contribution in [0.25, 0.3) is 0 Å². The smallest absolute Gasteiger partial charge is 0.321 e. The van der Waals surface area contributed by atoms with Crippen molar-refractivity contribution in [1.29, 1.82) is 0 Å². The number of urea groups is 1. The van der Waals surface area contributed by atoms with Gasteiger partial charge < -0.3 is 9.88 Å². The molecular formula is C21H23N5O2S. The molecular weight excluding hydrogens is 386 g/mol. The number of nitrogens with one attached hydrogen (secondary N) is 2. The van der Waals surface area contributed by atoms with Gasteiger partial charge in [-0.05, 0) is 25.0 Å². The molecule has 3 aromatic rings. The van der Waals surface area contributed by atoms with Gasteiger partial charge in [-0.3, -0.25) is 10.1 Å². The quantitative estimate of drug-likeness (QED) is 0.585. The van der Waals surface area contributed by atoms with Crippen LogP contribution in [0.15, 0.2) is 65.8 Å². The maximum absolute atomic E-state index is 12.4. The second kappa shape index (κ2) is 9.88. The van der Waals surface area contributed by atoms with Gasteiger partial charge in [0.25, 0.3) is 0 Å². The highest BCUT2D eigenvalue weighted by molar-refractivity contribution is 8.00. The first-order valence-corrected chi connectivity index (χ1v) is 10.1. The topological polar surface area (TPSA) is 88.9 Å². The standard InChI is InChI=1S/C21H23N5O2S/c1-15(19(27)23-20(28)22-13-17-9-5-3-6-10-17)29-21-25-24-16(2)26(21)14-18-11-7-4-8-12-18/h3-12,15H,13-14H2,1-2H3,(H2,22,23,27,28)/t15-/m0/s1. The molecule has 7 nitrogen and oxygen atoms in total. The number of imide groups is 1. The summed E-state index contributed by atoms with van der Waals surface area (Å²) in [4.78, 5) is 24.4. The molecule has 1 heterocycles. The average Bonchev–Trinajstić information content (AvgIpc) is 3.07. The second-order valence-corrected chi connectivity index (χ2v) is 7.83. The maximum atomic E-state index is 12.4. The minimum absolute atomic E-state index is 0.353. The number of rotatable bonds is 7. The van der Waals surface area contributed by atoms with E-state index in [4.69, 9.17) is 0 Å². The van der Waals surface area contributed by atoms with E-state index in [1.54, 1.807) is 6.92 Å². The van der Waals surface area contributed by atoms with Gasteiger partial charge in [0.15, 0.2) is 5.16 Å². The van der Waals surface area contributed by atoms with Gasteiger partial charge in [0.05, 0.1) is 11.8 Å². The number of benzene rings is 2. The lowest BCUT2D eigenvalue weighted by molar-refractivity contribution is -0.119. The molecule has 1 aromatic heterocycles. The molecule has 0 bridgehead atoms. The van der Waals surface area contributed by atoms with Gasteiger partial charge in [0.2, 0.25) is 5.91 Å². The Bertz CT molecular complexity index is 960. The summed E-state index contributed by atoms with van der Waals surface area (Å²) in [6, 6.07) is 19.0. The molecule has 1 atom stereocenters. The van der Waals surface area contributed by atoms with Crippen molar-refractivity contribution in [3.05, 3.63) is 77.6 Å². The summed E-state index contributed by atoms with van der Waals surface area (Å²) in [6.07, 6.45) is 0. The number of aryl methyl sites for hydroxylation is 1. The number of hydrogen-bond donors (Lipinski definition) is 2. The fourth-order valence-electron chi connectivity index (χ4n) is 2.64. The minimum Gasteiger partial charge on any atom is -0.334 e. The van der Waals surface area contributed by atoms with Gasteiger partial charge in [-0.15, -0.1) is 10.2 Å². The van der Waals surface area contributed by atoms with Crippen molar-refractivity contribution >= 4 is 23.7 Å². The van der Waals surface area contributed by atoms with E-state index < -0.39 is 11.3 Å². The summed E-state index contributed by atoms with van der Waals surface area (Å²) >= 11 is 1.27. The van der Waals surface area contributed by atoms with Gasteiger partial charge in [0.1, 0.15) is 5.82 Å². The number of carbonyl (C=O) groups excluding carboxylic acids is 2. The highest BCUT2D eigenvalue weighted by Crippen LogP contribution is 2.23. The summed E-state index contributed by atoms with van der Waals surface area (Å²) in [5.74, 6) is 0.386. The average molecular weight is 410 g/mol. The van der Waals surface area contributed by atoms with Crippen LogP contribution in [0.3, 0.4) is 0 Å². The van der Waals surface area contributed by atoms with E-state index in [1.165, 1.54) is 11.8 Å². The Labute approximate surface area is 173 Å². The van der Waals surface area contributed by atoms with Crippen molar-refractivity contribution in [1.82, 2.24) is 25.4 Å². The van der Waals surface area contributed by atoms with Crippen LogP contribution < -0.4 is 10.6 Å². The Balaban J connectivity index is 1.55. The van der Waals surface area contributed by atoms with E-state index in [1.807, 2.05) is 72.2 Å². The molecule has 3 rings (SSSR count). The lowest BCUT2D eigenvalue weighted by Gasteiger charge is -2.13. The zero-order chi connectivity index (χ0) is 20.6. The Hall–Kier alpha value is -3.13. The van der Waals surface area contributed by atoms with Gasteiger partial charge in [-0.1, -0.05) is 72.4 Å². The SMILES string of the molecule is Cc1nnc(S[C@@H](C)C(=O)NC(=O)NCc2ccccc2)n1Cc1ccccc1. The van der Waals surface area contributed by atoms with Crippen LogP contribution in [0, 0.1) is 6.92 Å². The maximum Gasteiger partial charge on any atom is 0.321 e. The zero-order valence-corrected chi connectivity index (χ0v) is 17.1. The van der Waals surface area contributed by atoms with Gasteiger partial charge in [-0.2, -0.15) is 0 Å². The zero-order valence-electron chi connectivity index (χ0n) is 16.3. The third kappa shape index (κ3) is 5.92. The number of thioether (sulfide) groups is 1. The summed E-state index contributed by atoms with van der Waals surface area (Å²) in [5, 5.41) is 13.5. The Morgan fingerprint density at radius 1 is 1.00 bits per heavy atom. The normalized spacial score (nSPS) is 11.7. The van der Waals surface area contributed by atoms with Crippen LogP contribution in [-0.2, 0) is 17.9 Å². The molecule has 3 amide bonds. The first-order valence-electron chi connectivity index (χ1n) is 9.26. The predicted octanol–water partition coefficient (Wildman–Crippen LogP) is 3.14. The summed E-state index contributed by atoms with van der Waals surface area (Å²) in [5.41, 5.74) is 2.08. The summed E-state index contributed by atoms with van der Waals surface area (Å²) < 4.78 is 1.96. The first-order chi connectivity index (χ1) is 14.0. The molecule has 0 aliphatic rings. The largest absolute Gasteiger partial charge is 0.334 e. The third-order valence-corrected chi connectivity index (χ3v) is 5.35. The van der Waals surface area contributed by atoms with Crippen molar-refractivity contribution in [2.24, 2.45) is 0 Å². The number of aromatic nitrogens is 3. The minimum atomic E-state index is -0.520. The van der Waals surface area contributed by atoms with Gasteiger partial charge in [0, 0.05) is 6.54 Å². The van der Waals surface area contributed by atoms with E-state index in [9.17, 15) is 9.59 Å². The van der Waals surface area contributed by atoms with E-state index in [2.05, 4.69) is 20.8 Å². The number of nitrogens with zero attached hydrogens (tertiary/aromatic N) is 3. The Kier molecular flexibility index (Phi) is 7.02. The van der Waals surface area contributed by atoms with E-state index in [0.717, 1.165) is 17.0 Å². The van der Waals surface area contributed by atoms with Crippen molar-refractivity contribution in [2.75, 3.05) is 0 Å². The predicted molar refractivity (Wildman–Crippen MR) is 112 cm³/mol. The van der Waals surface area contributed by atoms with Crippen LogP contribution in [0.5, 0.6) is 0 Å². The van der Waals surface area contributed by atoms with Crippen molar-refractivity contribution < 1.29 is 9.59 Å². The molecule has 0 unspecified atom stereocenters. The molecule has 0 saturated heterocycles. The molecule has 0 aliphatic carbocycles. The molecule has 8 heteroatoms. The monoisotopic (exact) mass is 409 g/mol. The number of amides is 3. The van der Waals surface area contributed by atoms with Crippen LogP contribution in [-0.4, -0.2) is 32.0 Å². The molecule has 150 valence electrons. The fraction of sp³-hybridized carbons (Fsp3) is 0.238. The third-order valence-electron chi connectivity index (χ3n) is 4.27. The molecule has 0 saturated carbocycles.